The van der Waals surface area contributed by atoms with Crippen LogP contribution in [0, 0.1) is 12.8 Å². The molecule has 0 unspecified atom stereocenters. The van der Waals surface area contributed by atoms with Crippen molar-refractivity contribution in [1.29, 1.82) is 0 Å². The van der Waals surface area contributed by atoms with Crippen LogP contribution in [-0.2, 0) is 16.0 Å². The molecule has 6 nitrogen and oxygen atoms in total. The number of guanidine groups is 1. The quantitative estimate of drug-likeness (QED) is 0.317. The number of aromatic nitrogens is 1. The number of halogens is 1. The van der Waals surface area contributed by atoms with E-state index >= 15 is 0 Å². The van der Waals surface area contributed by atoms with Crippen molar-refractivity contribution in [2.24, 2.45) is 10.9 Å². The van der Waals surface area contributed by atoms with Gasteiger partial charge in [0.2, 0.25) is 0 Å². The Hall–Kier alpha value is -1.38. The van der Waals surface area contributed by atoms with Gasteiger partial charge in [0.25, 0.3) is 0 Å². The van der Waals surface area contributed by atoms with Gasteiger partial charge in [0, 0.05) is 38.6 Å². The number of likely N-dealkylation sites (tertiary alicyclic amines) is 1. The molecule has 0 bridgehead atoms. The standard InChI is InChI=1S/C18H28N4O2.HI/c1-4-24-17(23)16-8-11-22(12-9-16)18(19-3)20-10-7-15-6-5-14(2)21-13-15;/h5-6,13,16H,4,7-12H2,1-3H3,(H,19,20);1H. The second-order valence-electron chi connectivity index (χ2n) is 6.05. The van der Waals surface area contributed by atoms with Gasteiger partial charge in [-0.25, -0.2) is 0 Å². The third-order valence-corrected chi connectivity index (χ3v) is 4.30. The zero-order valence-corrected chi connectivity index (χ0v) is 17.7. The maximum atomic E-state index is 11.8. The van der Waals surface area contributed by atoms with Gasteiger partial charge in [-0.3, -0.25) is 14.8 Å². The number of hydrogen-bond acceptors (Lipinski definition) is 4. The van der Waals surface area contributed by atoms with E-state index in [9.17, 15) is 4.79 Å². The van der Waals surface area contributed by atoms with E-state index in [0.717, 1.165) is 50.6 Å². The van der Waals surface area contributed by atoms with E-state index in [2.05, 4.69) is 26.3 Å². The third kappa shape index (κ3) is 6.80. The molecular weight excluding hydrogens is 431 g/mol. The molecule has 2 rings (SSSR count). The van der Waals surface area contributed by atoms with Gasteiger partial charge < -0.3 is 15.0 Å². The lowest BCUT2D eigenvalue weighted by Crippen LogP contribution is -2.47. The monoisotopic (exact) mass is 460 g/mol. The molecule has 0 aromatic carbocycles. The van der Waals surface area contributed by atoms with Gasteiger partial charge in [-0.2, -0.15) is 0 Å². The molecule has 25 heavy (non-hydrogen) atoms. The molecule has 7 heteroatoms. The highest BCUT2D eigenvalue weighted by molar-refractivity contribution is 14.0. The maximum Gasteiger partial charge on any atom is 0.309 e. The van der Waals surface area contributed by atoms with Crippen LogP contribution in [0.2, 0.25) is 0 Å². The molecule has 0 aliphatic carbocycles. The summed E-state index contributed by atoms with van der Waals surface area (Å²) in [7, 11) is 1.80. The van der Waals surface area contributed by atoms with E-state index in [0.29, 0.717) is 6.61 Å². The zero-order chi connectivity index (χ0) is 17.4. The number of hydrogen-bond donors (Lipinski definition) is 1. The van der Waals surface area contributed by atoms with E-state index < -0.39 is 0 Å². The molecule has 1 aliphatic rings. The highest BCUT2D eigenvalue weighted by atomic mass is 127. The number of rotatable bonds is 5. The molecule has 1 saturated heterocycles. The molecule has 1 aliphatic heterocycles. The van der Waals surface area contributed by atoms with Gasteiger partial charge in [-0.05, 0) is 44.7 Å². The highest BCUT2D eigenvalue weighted by Crippen LogP contribution is 2.18. The summed E-state index contributed by atoms with van der Waals surface area (Å²) in [4.78, 5) is 22.7. The summed E-state index contributed by atoms with van der Waals surface area (Å²) < 4.78 is 5.12. The van der Waals surface area contributed by atoms with Crippen molar-refractivity contribution in [3.8, 4) is 0 Å². The molecular formula is C18H29IN4O2. The number of piperidine rings is 1. The Morgan fingerprint density at radius 3 is 2.68 bits per heavy atom. The lowest BCUT2D eigenvalue weighted by Gasteiger charge is -2.33. The second-order valence-corrected chi connectivity index (χ2v) is 6.05. The zero-order valence-electron chi connectivity index (χ0n) is 15.3. The van der Waals surface area contributed by atoms with Crippen molar-refractivity contribution in [2.45, 2.75) is 33.1 Å². The topological polar surface area (TPSA) is 66.8 Å². The summed E-state index contributed by atoms with van der Waals surface area (Å²) in [6.07, 6.45) is 4.47. The average Bonchev–Trinajstić information content (AvgIpc) is 2.61. The summed E-state index contributed by atoms with van der Waals surface area (Å²) in [5, 5.41) is 3.40. The van der Waals surface area contributed by atoms with Gasteiger partial charge >= 0.3 is 5.97 Å². The van der Waals surface area contributed by atoms with Crippen LogP contribution in [-0.4, -0.2) is 55.1 Å². The first-order chi connectivity index (χ1) is 11.6. The van der Waals surface area contributed by atoms with Gasteiger partial charge in [0.15, 0.2) is 5.96 Å². The van der Waals surface area contributed by atoms with Crippen LogP contribution in [0.3, 0.4) is 0 Å². The van der Waals surface area contributed by atoms with E-state index in [1.54, 1.807) is 7.05 Å². The fourth-order valence-corrected chi connectivity index (χ4v) is 2.88. The summed E-state index contributed by atoms with van der Waals surface area (Å²) >= 11 is 0. The van der Waals surface area contributed by atoms with Crippen LogP contribution < -0.4 is 5.32 Å². The van der Waals surface area contributed by atoms with Crippen LogP contribution in [0.15, 0.2) is 23.3 Å². The van der Waals surface area contributed by atoms with Crippen molar-refractivity contribution in [1.82, 2.24) is 15.2 Å². The minimum atomic E-state index is -0.0630. The molecule has 1 N–H and O–H groups in total. The fraction of sp³-hybridized carbons (Fsp3) is 0.611. The Morgan fingerprint density at radius 2 is 2.12 bits per heavy atom. The van der Waals surface area contributed by atoms with Gasteiger partial charge in [-0.15, -0.1) is 24.0 Å². The van der Waals surface area contributed by atoms with Gasteiger partial charge in [0.1, 0.15) is 0 Å². The maximum absolute atomic E-state index is 11.8. The number of pyridine rings is 1. The van der Waals surface area contributed by atoms with E-state index in [-0.39, 0.29) is 35.9 Å². The molecule has 1 fully saturated rings. The normalized spacial score (nSPS) is 15.5. The first kappa shape index (κ1) is 21.7. The molecule has 140 valence electrons. The predicted molar refractivity (Wildman–Crippen MR) is 110 cm³/mol. The van der Waals surface area contributed by atoms with Crippen molar-refractivity contribution >= 4 is 35.9 Å². The van der Waals surface area contributed by atoms with Crippen molar-refractivity contribution < 1.29 is 9.53 Å². The third-order valence-electron chi connectivity index (χ3n) is 4.30. The number of carbonyl (C=O) groups excluding carboxylic acids is 1. The van der Waals surface area contributed by atoms with Crippen molar-refractivity contribution in [3.63, 3.8) is 0 Å². The molecule has 0 saturated carbocycles. The summed E-state index contributed by atoms with van der Waals surface area (Å²) in [6.45, 7) is 6.77. The first-order valence-corrected chi connectivity index (χ1v) is 8.67. The lowest BCUT2D eigenvalue weighted by atomic mass is 9.97. The number of nitrogens with zero attached hydrogens (tertiary/aromatic N) is 3. The fourth-order valence-electron chi connectivity index (χ4n) is 2.88. The molecule has 0 atom stereocenters. The Bertz CT molecular complexity index is 555. The minimum Gasteiger partial charge on any atom is -0.466 e. The van der Waals surface area contributed by atoms with Crippen LogP contribution >= 0.6 is 24.0 Å². The number of esters is 1. The van der Waals surface area contributed by atoms with Crippen LogP contribution in [0.25, 0.3) is 0 Å². The number of nitrogens with one attached hydrogen (secondary N) is 1. The summed E-state index contributed by atoms with van der Waals surface area (Å²) in [5.41, 5.74) is 2.25. The van der Waals surface area contributed by atoms with Crippen LogP contribution in [0.5, 0.6) is 0 Å². The molecule has 2 heterocycles. The average molecular weight is 460 g/mol. The summed E-state index contributed by atoms with van der Waals surface area (Å²) in [5.74, 6) is 0.863. The molecule has 0 radical (unpaired) electrons. The van der Waals surface area contributed by atoms with Crippen LogP contribution in [0.1, 0.15) is 31.0 Å². The molecule has 1 aromatic heterocycles. The second kappa shape index (κ2) is 11.3. The SMILES string of the molecule is CCOC(=O)C1CCN(C(=NC)NCCc2ccc(C)nc2)CC1.I. The number of ether oxygens (including phenoxy) is 1. The first-order valence-electron chi connectivity index (χ1n) is 8.67. The minimum absolute atomic E-state index is 0. The van der Waals surface area contributed by atoms with Crippen LogP contribution in [0.4, 0.5) is 0 Å². The predicted octanol–water partition coefficient (Wildman–Crippen LogP) is 2.40. The van der Waals surface area contributed by atoms with E-state index in [1.165, 1.54) is 5.56 Å². The van der Waals surface area contributed by atoms with Gasteiger partial charge in [0.05, 0.1) is 12.5 Å². The number of aryl methyl sites for hydroxylation is 1. The Labute approximate surface area is 167 Å². The molecule has 0 spiro atoms. The van der Waals surface area contributed by atoms with E-state index in [4.69, 9.17) is 4.74 Å². The smallest absolute Gasteiger partial charge is 0.309 e. The highest BCUT2D eigenvalue weighted by Gasteiger charge is 2.27. The van der Waals surface area contributed by atoms with E-state index in [1.807, 2.05) is 26.1 Å². The Morgan fingerprint density at radius 1 is 1.40 bits per heavy atom. The van der Waals surface area contributed by atoms with Crippen molar-refractivity contribution in [2.75, 3.05) is 33.3 Å². The largest absolute Gasteiger partial charge is 0.466 e. The molecule has 0 amide bonds. The number of carbonyl (C=O) groups is 1. The number of aliphatic imine (C=N–C) groups is 1. The lowest BCUT2D eigenvalue weighted by molar-refractivity contribution is -0.149. The van der Waals surface area contributed by atoms with Crippen molar-refractivity contribution in [3.05, 3.63) is 29.6 Å². The Kier molecular flexibility index (Phi) is 9.77. The summed E-state index contributed by atoms with van der Waals surface area (Å²) in [6, 6.07) is 4.14. The van der Waals surface area contributed by atoms with Gasteiger partial charge in [-0.1, -0.05) is 6.07 Å². The molecule has 1 aromatic rings. The Balaban J connectivity index is 0.00000312.